The molecule has 0 aliphatic carbocycles. The summed E-state index contributed by atoms with van der Waals surface area (Å²) in [5.41, 5.74) is 7.98. The van der Waals surface area contributed by atoms with E-state index >= 15 is 0 Å². The van der Waals surface area contributed by atoms with E-state index in [0.29, 0.717) is 23.4 Å². The molecule has 0 bridgehead atoms. The average molecular weight is 422 g/mol. The molecule has 5 rings (SSSR count). The summed E-state index contributed by atoms with van der Waals surface area (Å²) in [4.78, 5) is 53.2. The number of nitrogen functional groups attached to an aromatic ring is 1. The van der Waals surface area contributed by atoms with Crippen LogP contribution in [0.3, 0.4) is 0 Å². The minimum absolute atomic E-state index is 0.0885. The van der Waals surface area contributed by atoms with Gasteiger partial charge in [-0.05, 0) is 31.4 Å². The number of nitrogens with two attached hydrogens (primary N) is 1. The third-order valence-corrected chi connectivity index (χ3v) is 6.30. The second-order valence-corrected chi connectivity index (χ2v) is 8.20. The zero-order chi connectivity index (χ0) is 21.9. The number of nitrogens with zero attached hydrogens (tertiary/aromatic N) is 4. The van der Waals surface area contributed by atoms with Gasteiger partial charge in [0.2, 0.25) is 11.8 Å². The van der Waals surface area contributed by atoms with Crippen molar-refractivity contribution in [3.05, 3.63) is 41.1 Å². The molecule has 2 aromatic rings. The molecular weight excluding hydrogens is 400 g/mol. The number of amides is 4. The van der Waals surface area contributed by atoms with Gasteiger partial charge in [0, 0.05) is 25.6 Å². The Morgan fingerprint density at radius 3 is 2.74 bits per heavy atom. The second-order valence-electron chi connectivity index (χ2n) is 8.20. The molecule has 1 aromatic carbocycles. The van der Waals surface area contributed by atoms with Crippen molar-refractivity contribution in [3.63, 3.8) is 0 Å². The third kappa shape index (κ3) is 2.89. The topological polar surface area (TPSA) is 131 Å². The largest absolute Gasteiger partial charge is 0.394 e. The average Bonchev–Trinajstić information content (AvgIpc) is 3.23. The maximum Gasteiger partial charge on any atom is 0.262 e. The van der Waals surface area contributed by atoms with Gasteiger partial charge in [-0.25, -0.2) is 4.68 Å². The van der Waals surface area contributed by atoms with Crippen LogP contribution in [0.2, 0.25) is 0 Å². The van der Waals surface area contributed by atoms with Gasteiger partial charge in [0.25, 0.3) is 11.8 Å². The van der Waals surface area contributed by atoms with E-state index in [0.717, 1.165) is 23.7 Å². The fraction of sp³-hybridized carbons (Fsp3) is 0.381. The van der Waals surface area contributed by atoms with Crippen LogP contribution in [-0.2, 0) is 22.7 Å². The molecular formula is C21H22N6O4. The van der Waals surface area contributed by atoms with E-state index in [4.69, 9.17) is 5.73 Å². The van der Waals surface area contributed by atoms with E-state index in [2.05, 4.69) is 22.2 Å². The van der Waals surface area contributed by atoms with Crippen molar-refractivity contribution in [1.29, 1.82) is 0 Å². The first kappa shape index (κ1) is 19.3. The van der Waals surface area contributed by atoms with Crippen LogP contribution in [0.1, 0.15) is 52.5 Å². The molecule has 1 fully saturated rings. The quantitative estimate of drug-likeness (QED) is 0.695. The number of carbonyl (C=O) groups is 4. The lowest BCUT2D eigenvalue weighted by atomic mass is 10.0. The van der Waals surface area contributed by atoms with Crippen LogP contribution < -0.4 is 16.0 Å². The second kappa shape index (κ2) is 6.93. The van der Waals surface area contributed by atoms with E-state index in [-0.39, 0.29) is 24.4 Å². The smallest absolute Gasteiger partial charge is 0.262 e. The van der Waals surface area contributed by atoms with Gasteiger partial charge < -0.3 is 10.6 Å². The molecule has 31 heavy (non-hydrogen) atoms. The lowest BCUT2D eigenvalue weighted by Crippen LogP contribution is -2.54. The Kier molecular flexibility index (Phi) is 4.31. The van der Waals surface area contributed by atoms with Crippen molar-refractivity contribution in [2.24, 2.45) is 0 Å². The van der Waals surface area contributed by atoms with E-state index in [1.165, 1.54) is 0 Å². The van der Waals surface area contributed by atoms with Crippen LogP contribution in [-0.4, -0.2) is 50.4 Å². The zero-order valence-corrected chi connectivity index (χ0v) is 17.0. The first-order valence-electron chi connectivity index (χ1n) is 10.3. The fourth-order valence-corrected chi connectivity index (χ4v) is 4.68. The lowest BCUT2D eigenvalue weighted by Gasteiger charge is -2.36. The monoisotopic (exact) mass is 422 g/mol. The van der Waals surface area contributed by atoms with Gasteiger partial charge in [0.05, 0.1) is 23.0 Å². The first-order valence-corrected chi connectivity index (χ1v) is 10.3. The molecule has 0 spiro atoms. The molecule has 160 valence electrons. The lowest BCUT2D eigenvalue weighted by molar-refractivity contribution is -0.136. The van der Waals surface area contributed by atoms with Crippen molar-refractivity contribution >= 4 is 35.1 Å². The number of aryl methyl sites for hydroxylation is 1. The highest BCUT2D eigenvalue weighted by molar-refractivity contribution is 6.24. The van der Waals surface area contributed by atoms with E-state index in [1.54, 1.807) is 18.3 Å². The number of fused-ring (bicyclic) bond motifs is 2. The number of benzene rings is 1. The maximum absolute atomic E-state index is 13.3. The molecule has 3 aliphatic rings. The number of anilines is 2. The molecule has 4 heterocycles. The van der Waals surface area contributed by atoms with Crippen LogP contribution >= 0.6 is 0 Å². The minimum Gasteiger partial charge on any atom is -0.394 e. The first-order chi connectivity index (χ1) is 14.9. The van der Waals surface area contributed by atoms with Crippen LogP contribution in [0, 0.1) is 0 Å². The van der Waals surface area contributed by atoms with Crippen LogP contribution in [0.15, 0.2) is 24.4 Å². The van der Waals surface area contributed by atoms with Gasteiger partial charge in [-0.3, -0.25) is 29.4 Å². The number of rotatable bonds is 3. The molecule has 1 saturated heterocycles. The highest BCUT2D eigenvalue weighted by atomic mass is 16.2. The van der Waals surface area contributed by atoms with Gasteiger partial charge in [0.1, 0.15) is 6.04 Å². The number of nitrogens with one attached hydrogen (secondary N) is 1. The van der Waals surface area contributed by atoms with Crippen molar-refractivity contribution in [2.45, 2.75) is 51.4 Å². The number of piperidine rings is 1. The van der Waals surface area contributed by atoms with Crippen molar-refractivity contribution in [1.82, 2.24) is 20.0 Å². The summed E-state index contributed by atoms with van der Waals surface area (Å²) in [5.74, 6) is -1.22. The zero-order valence-electron chi connectivity index (χ0n) is 17.0. The minimum atomic E-state index is -0.982. The molecule has 4 amide bonds. The van der Waals surface area contributed by atoms with Crippen molar-refractivity contribution < 1.29 is 19.2 Å². The highest BCUT2D eigenvalue weighted by Gasteiger charge is 2.45. The Bertz CT molecular complexity index is 1140. The molecule has 10 nitrogen and oxygen atoms in total. The predicted octanol–water partition coefficient (Wildman–Crippen LogP) is 0.665. The maximum atomic E-state index is 13.3. The SMILES string of the molecule is CC1CCn2ncc(N)c2N1Cc1cccc2c1C(=O)N(C1CCC(=O)NC1=O)C2=O. The van der Waals surface area contributed by atoms with Crippen LogP contribution in [0.5, 0.6) is 0 Å². The molecule has 3 aliphatic heterocycles. The highest BCUT2D eigenvalue weighted by Crippen LogP contribution is 2.35. The number of hydrogen-bond acceptors (Lipinski definition) is 7. The molecule has 0 saturated carbocycles. The molecule has 3 N–H and O–H groups in total. The Balaban J connectivity index is 1.50. The van der Waals surface area contributed by atoms with E-state index in [9.17, 15) is 19.2 Å². The summed E-state index contributed by atoms with van der Waals surface area (Å²) in [7, 11) is 0. The number of hydrogen-bond donors (Lipinski definition) is 2. The third-order valence-electron chi connectivity index (χ3n) is 6.30. The van der Waals surface area contributed by atoms with Crippen molar-refractivity contribution in [2.75, 3.05) is 10.6 Å². The molecule has 2 unspecified atom stereocenters. The Morgan fingerprint density at radius 2 is 1.97 bits per heavy atom. The number of imide groups is 2. The van der Waals surface area contributed by atoms with Crippen LogP contribution in [0.4, 0.5) is 11.5 Å². The predicted molar refractivity (Wildman–Crippen MR) is 110 cm³/mol. The summed E-state index contributed by atoms with van der Waals surface area (Å²) in [5, 5.41) is 6.54. The van der Waals surface area contributed by atoms with Gasteiger partial charge in [0.15, 0.2) is 5.82 Å². The Morgan fingerprint density at radius 1 is 1.16 bits per heavy atom. The fourth-order valence-electron chi connectivity index (χ4n) is 4.68. The summed E-state index contributed by atoms with van der Waals surface area (Å²) < 4.78 is 1.85. The molecule has 10 heteroatoms. The standard InChI is InChI=1S/C21H22N6O4/c1-11-7-8-26-19(14(22)9-23-26)25(11)10-12-3-2-4-13-17(12)21(31)27(20(13)30)15-5-6-16(28)24-18(15)29/h2-4,9,11,15H,5-8,10,22H2,1H3,(H,24,28,29). The Hall–Kier alpha value is -3.69. The summed E-state index contributed by atoms with van der Waals surface area (Å²) >= 11 is 0. The Labute approximate surface area is 178 Å². The molecule has 0 radical (unpaired) electrons. The van der Waals surface area contributed by atoms with E-state index in [1.807, 2.05) is 10.7 Å². The summed E-state index contributed by atoms with van der Waals surface area (Å²) in [6.07, 6.45) is 2.71. The van der Waals surface area contributed by atoms with Crippen LogP contribution in [0.25, 0.3) is 0 Å². The van der Waals surface area contributed by atoms with Gasteiger partial charge >= 0.3 is 0 Å². The van der Waals surface area contributed by atoms with Crippen molar-refractivity contribution in [3.8, 4) is 0 Å². The van der Waals surface area contributed by atoms with Gasteiger partial charge in [-0.1, -0.05) is 12.1 Å². The molecule has 1 aromatic heterocycles. The summed E-state index contributed by atoms with van der Waals surface area (Å²) in [6.45, 7) is 3.22. The van der Waals surface area contributed by atoms with E-state index < -0.39 is 29.7 Å². The molecule has 2 atom stereocenters. The van der Waals surface area contributed by atoms with Gasteiger partial charge in [-0.2, -0.15) is 5.10 Å². The number of aromatic nitrogens is 2. The normalized spacial score (nSPS) is 23.1. The summed E-state index contributed by atoms with van der Waals surface area (Å²) in [6, 6.07) is 4.34. The number of carbonyl (C=O) groups excluding carboxylic acids is 4. The van der Waals surface area contributed by atoms with Gasteiger partial charge in [-0.15, -0.1) is 0 Å².